The number of nitrogens with one attached hydrogen (secondary N) is 10. The molecule has 3 saturated carbocycles. The van der Waals surface area contributed by atoms with Gasteiger partial charge in [-0.05, 0) is 254 Å². The van der Waals surface area contributed by atoms with Crippen molar-refractivity contribution in [1.29, 1.82) is 15.8 Å². The van der Waals surface area contributed by atoms with Crippen LogP contribution in [0.15, 0.2) is 110 Å². The highest BCUT2D eigenvalue weighted by Crippen LogP contribution is 2.37. The molecule has 0 bridgehead atoms. The quantitative estimate of drug-likeness (QED) is 0.0163. The van der Waals surface area contributed by atoms with Crippen LogP contribution < -0.4 is 52.6 Å². The fraction of sp³-hybridized carbons (Fsp3) is 0.574. The molecule has 0 radical (unpaired) electrons. The van der Waals surface area contributed by atoms with Gasteiger partial charge in [-0.2, -0.15) is 15.8 Å². The van der Waals surface area contributed by atoms with Crippen LogP contribution >= 0.6 is 0 Å². The van der Waals surface area contributed by atoms with Crippen molar-refractivity contribution in [3.63, 3.8) is 0 Å². The first-order valence-electron chi connectivity index (χ1n) is 44.8. The van der Waals surface area contributed by atoms with E-state index in [0.717, 1.165) is 207 Å². The third-order valence-corrected chi connectivity index (χ3v) is 24.9. The van der Waals surface area contributed by atoms with Gasteiger partial charge < -0.3 is 76.3 Å². The van der Waals surface area contributed by atoms with Crippen LogP contribution in [-0.4, -0.2) is 195 Å². The van der Waals surface area contributed by atoms with E-state index in [1.807, 2.05) is 114 Å². The minimum atomic E-state index is -3.38. The number of aryl methyl sites for hydroxylation is 3. The molecule has 7 aromatic heterocycles. The maximum Gasteiger partial charge on any atom is 0.307 e. The number of esters is 2. The number of carbonyl (C=O) groups excluding carboxylic acids is 2. The summed E-state index contributed by atoms with van der Waals surface area (Å²) in [6.07, 6.45) is 24.5. The Kier molecular flexibility index (Phi) is 36.1. The lowest BCUT2D eigenvalue weighted by Crippen LogP contribution is -2.43. The standard InChI is InChI=1S/C34H46N8O4S.2C30H42N6O3/c1-24-19-36-33(18-29(24)30-7-5-8-31(41-30)37-23-34(22-35)14-16-45-17-15-34)39-27-12-10-26(11-13-27)38-25(2)20-46-21-28-6-4-9-32(40-28)42-47(3,43)44;2*1-4-39-29(37)16-22(3)34-23-8-10-24(11-9-23)35-28-17-25(21(2)18-32-28)26-6-5-7-27(36-26)33-20-30(19-31)12-14-38-15-13-30/h4-9,18-19,25-27,38H,10-17,20-21,23H2,1-3H3,(H,36,39)(H,37,41)(H,40,42);2*5-7,17-18,22-24,34H,4,8-16,20H2,1-3H3,(H,32,35)(H,33,36)/t25-,26?,27?;2*22-,23?,24?/m010/s1. The van der Waals surface area contributed by atoms with Crippen molar-refractivity contribution < 1.29 is 46.4 Å². The first-order valence-corrected chi connectivity index (χ1v) is 46.7. The van der Waals surface area contributed by atoms with Crippen molar-refractivity contribution in [2.24, 2.45) is 16.2 Å². The topological polar surface area (TPSA) is 406 Å². The molecular formula is C94H130N20O10S. The molecule has 3 saturated heterocycles. The number of pyridine rings is 7. The minimum absolute atomic E-state index is 0.111. The predicted octanol–water partition coefficient (Wildman–Crippen LogP) is 14.5. The zero-order valence-electron chi connectivity index (χ0n) is 74.4. The Hall–Kier alpha value is -10.3. The molecule has 0 unspecified atom stereocenters. The van der Waals surface area contributed by atoms with E-state index in [1.54, 1.807) is 12.1 Å². The number of carbonyl (C=O) groups is 2. The number of ether oxygens (including phenoxy) is 6. The number of hydrogen-bond donors (Lipinski definition) is 10. The summed E-state index contributed by atoms with van der Waals surface area (Å²) in [5, 5.41) is 61.3. The van der Waals surface area contributed by atoms with Gasteiger partial charge in [-0.3, -0.25) is 14.3 Å². The maximum absolute atomic E-state index is 11.7. The summed E-state index contributed by atoms with van der Waals surface area (Å²) >= 11 is 0. The minimum Gasteiger partial charge on any atom is -0.466 e. The summed E-state index contributed by atoms with van der Waals surface area (Å²) in [4.78, 5) is 56.4. The molecule has 125 heavy (non-hydrogen) atoms. The molecule has 10 heterocycles. The lowest BCUT2D eigenvalue weighted by atomic mass is 9.82. The van der Waals surface area contributed by atoms with Gasteiger partial charge in [0.2, 0.25) is 10.0 Å². The number of nitriles is 3. The molecule has 6 aliphatic rings. The van der Waals surface area contributed by atoms with Crippen LogP contribution in [0, 0.1) is 71.0 Å². The Morgan fingerprint density at radius 2 is 0.760 bits per heavy atom. The van der Waals surface area contributed by atoms with Gasteiger partial charge in [0.25, 0.3) is 0 Å². The maximum atomic E-state index is 11.7. The van der Waals surface area contributed by atoms with Crippen LogP contribution in [0.3, 0.4) is 0 Å². The Morgan fingerprint density at radius 1 is 0.448 bits per heavy atom. The Morgan fingerprint density at radius 3 is 1.08 bits per heavy atom. The van der Waals surface area contributed by atoms with Crippen molar-refractivity contribution in [3.05, 3.63) is 132 Å². The molecule has 3 aliphatic heterocycles. The number of anilines is 7. The molecule has 672 valence electrons. The SMILES string of the molecule is CCOC(=O)C[C@@H](C)NC1CCC(Nc2cc(-c3cccc(NCC4(C#N)CCOCC4)n3)c(C)cn2)CC1.CCOC(=O)C[C@H](C)NC1CCC(Nc2cc(-c3cccc(NCC4(C#N)CCOCC4)n3)c(C)cn2)CC1.Cc1cnc(NC2CCC(N[C@@H](C)COCc3cccc(NS(C)(=O)=O)n3)CC2)cc1-c1cccc(NCC2(C#N)CCOCC2)n1. The summed E-state index contributed by atoms with van der Waals surface area (Å²) < 4.78 is 57.7. The summed E-state index contributed by atoms with van der Waals surface area (Å²) in [6, 6.07) is 39.5. The van der Waals surface area contributed by atoms with Crippen molar-refractivity contribution in [1.82, 2.24) is 50.8 Å². The van der Waals surface area contributed by atoms with E-state index in [4.69, 9.17) is 43.4 Å². The Balaban J connectivity index is 0.000000183. The van der Waals surface area contributed by atoms with E-state index in [-0.39, 0.29) is 35.9 Å². The van der Waals surface area contributed by atoms with Crippen LogP contribution in [0.1, 0.15) is 185 Å². The molecule has 10 N–H and O–H groups in total. The normalized spacial score (nSPS) is 20.9. The summed E-state index contributed by atoms with van der Waals surface area (Å²) in [6.45, 7) is 23.1. The Bertz CT molecular complexity index is 4670. The van der Waals surface area contributed by atoms with E-state index < -0.39 is 26.3 Å². The summed E-state index contributed by atoms with van der Waals surface area (Å²) in [7, 11) is -3.38. The molecule has 30 nitrogen and oxygen atoms in total. The lowest BCUT2D eigenvalue weighted by molar-refractivity contribution is -0.144. The monoisotopic (exact) mass is 1730 g/mol. The zero-order chi connectivity index (χ0) is 88.6. The largest absolute Gasteiger partial charge is 0.466 e. The average Bonchev–Trinajstić information content (AvgIpc) is 0.822. The zero-order valence-corrected chi connectivity index (χ0v) is 75.2. The van der Waals surface area contributed by atoms with Crippen LogP contribution in [0.2, 0.25) is 0 Å². The van der Waals surface area contributed by atoms with E-state index >= 15 is 0 Å². The fourth-order valence-corrected chi connectivity index (χ4v) is 17.5. The molecule has 0 amide bonds. The van der Waals surface area contributed by atoms with Gasteiger partial charge in [0.1, 0.15) is 40.7 Å². The molecular weight excluding hydrogens is 1600 g/mol. The second-order valence-electron chi connectivity index (χ2n) is 34.7. The van der Waals surface area contributed by atoms with Crippen LogP contribution in [0.4, 0.5) is 40.7 Å². The van der Waals surface area contributed by atoms with Gasteiger partial charge >= 0.3 is 11.9 Å². The van der Waals surface area contributed by atoms with Gasteiger partial charge in [-0.25, -0.2) is 43.3 Å². The van der Waals surface area contributed by atoms with Gasteiger partial charge in [0, 0.05) is 149 Å². The third kappa shape index (κ3) is 30.2. The first-order chi connectivity index (χ1) is 60.4. The molecule has 6 fully saturated rings. The van der Waals surface area contributed by atoms with E-state index in [9.17, 15) is 33.8 Å². The third-order valence-electron chi connectivity index (χ3n) is 24.3. The Labute approximate surface area is 738 Å². The first kappa shape index (κ1) is 95.4. The van der Waals surface area contributed by atoms with Crippen molar-refractivity contribution in [2.45, 2.75) is 245 Å². The number of rotatable bonds is 36. The van der Waals surface area contributed by atoms with E-state index in [1.165, 1.54) is 0 Å². The second-order valence-corrected chi connectivity index (χ2v) is 36.4. The molecule has 31 heteroatoms. The van der Waals surface area contributed by atoms with Crippen LogP contribution in [-0.2, 0) is 54.6 Å². The van der Waals surface area contributed by atoms with Crippen LogP contribution in [0.25, 0.3) is 33.8 Å². The predicted molar refractivity (Wildman–Crippen MR) is 488 cm³/mol. The highest BCUT2D eigenvalue weighted by atomic mass is 32.2. The number of nitrogens with zero attached hydrogens (tertiary/aromatic N) is 10. The summed E-state index contributed by atoms with van der Waals surface area (Å²) in [5.74, 6) is 4.85. The van der Waals surface area contributed by atoms with Crippen molar-refractivity contribution in [3.8, 4) is 52.0 Å². The van der Waals surface area contributed by atoms with Gasteiger partial charge in [0.05, 0.1) is 103 Å². The smallest absolute Gasteiger partial charge is 0.307 e. The van der Waals surface area contributed by atoms with Crippen LogP contribution in [0.5, 0.6) is 0 Å². The number of hydrogen-bond acceptors (Lipinski definition) is 29. The molecule has 0 spiro atoms. The fourth-order valence-electron chi connectivity index (χ4n) is 17.0. The highest BCUT2D eigenvalue weighted by Gasteiger charge is 2.36. The molecule has 0 aromatic carbocycles. The lowest BCUT2D eigenvalue weighted by Gasteiger charge is -2.32. The molecule has 3 aliphatic carbocycles. The highest BCUT2D eigenvalue weighted by molar-refractivity contribution is 7.92. The summed E-state index contributed by atoms with van der Waals surface area (Å²) in [5.41, 5.74) is 8.35. The molecule has 13 rings (SSSR count). The number of sulfonamides is 1. The molecule has 3 atom stereocenters. The van der Waals surface area contributed by atoms with Gasteiger partial charge in [-0.1, -0.05) is 24.3 Å². The molecule has 7 aromatic rings. The van der Waals surface area contributed by atoms with Gasteiger partial charge in [0.15, 0.2) is 0 Å². The van der Waals surface area contributed by atoms with Crippen molar-refractivity contribution >= 4 is 62.7 Å². The van der Waals surface area contributed by atoms with E-state index in [2.05, 4.69) is 130 Å². The van der Waals surface area contributed by atoms with Gasteiger partial charge in [-0.15, -0.1) is 0 Å². The van der Waals surface area contributed by atoms with Crippen molar-refractivity contribution in [2.75, 3.05) is 122 Å². The number of aromatic nitrogens is 7. The average molecular weight is 1730 g/mol. The van der Waals surface area contributed by atoms with E-state index in [0.29, 0.717) is 140 Å². The second kappa shape index (κ2) is 47.3.